The second-order valence-corrected chi connectivity index (χ2v) is 3.60. The molecule has 0 aliphatic rings. The van der Waals surface area contributed by atoms with Gasteiger partial charge in [-0.25, -0.2) is 0 Å². The highest BCUT2D eigenvalue weighted by atomic mass is 35.5. The van der Waals surface area contributed by atoms with E-state index in [9.17, 15) is 0 Å². The minimum absolute atomic E-state index is 0.253. The van der Waals surface area contributed by atoms with E-state index in [2.05, 4.69) is 18.8 Å². The number of pyridine rings is 1. The van der Waals surface area contributed by atoms with Crippen molar-refractivity contribution in [2.75, 3.05) is 0 Å². The van der Waals surface area contributed by atoms with E-state index < -0.39 is 0 Å². The Morgan fingerprint density at radius 2 is 2.29 bits per heavy atom. The normalized spacial score (nSPS) is 12.5. The van der Waals surface area contributed by atoms with Crippen LogP contribution in [0.2, 0.25) is 0 Å². The molecular weight excluding hydrogens is 198 g/mol. The summed E-state index contributed by atoms with van der Waals surface area (Å²) in [5.74, 6) is 1.27. The SMILES string of the molecule is CCCC(C)Oc1ccc(CCl)nc1. The molecule has 1 rings (SSSR count). The number of hydrogen-bond donors (Lipinski definition) is 0. The van der Waals surface area contributed by atoms with Crippen molar-refractivity contribution in [1.29, 1.82) is 0 Å². The van der Waals surface area contributed by atoms with Crippen LogP contribution in [-0.4, -0.2) is 11.1 Å². The van der Waals surface area contributed by atoms with Crippen molar-refractivity contribution in [1.82, 2.24) is 4.98 Å². The second kappa shape index (κ2) is 5.86. The summed E-state index contributed by atoms with van der Waals surface area (Å²) < 4.78 is 5.65. The summed E-state index contributed by atoms with van der Waals surface area (Å²) >= 11 is 5.63. The molecule has 0 aliphatic carbocycles. The van der Waals surface area contributed by atoms with Gasteiger partial charge in [-0.05, 0) is 25.5 Å². The molecule has 0 spiro atoms. The number of alkyl halides is 1. The standard InChI is InChI=1S/C11H16ClNO/c1-3-4-9(2)14-11-6-5-10(7-12)13-8-11/h5-6,8-9H,3-4,7H2,1-2H3. The van der Waals surface area contributed by atoms with E-state index in [0.29, 0.717) is 5.88 Å². The Kier molecular flexibility index (Phi) is 4.74. The molecule has 1 heterocycles. The molecule has 3 heteroatoms. The average molecular weight is 214 g/mol. The third-order valence-electron chi connectivity index (χ3n) is 1.97. The zero-order chi connectivity index (χ0) is 10.4. The molecule has 2 nitrogen and oxygen atoms in total. The molecule has 1 unspecified atom stereocenters. The van der Waals surface area contributed by atoms with Crippen molar-refractivity contribution < 1.29 is 4.74 Å². The highest BCUT2D eigenvalue weighted by molar-refractivity contribution is 6.16. The molecule has 0 aromatic carbocycles. The summed E-state index contributed by atoms with van der Waals surface area (Å²) in [7, 11) is 0. The zero-order valence-corrected chi connectivity index (χ0v) is 9.42. The van der Waals surface area contributed by atoms with Crippen LogP contribution < -0.4 is 4.74 Å². The van der Waals surface area contributed by atoms with Gasteiger partial charge in [-0.15, -0.1) is 11.6 Å². The van der Waals surface area contributed by atoms with Crippen LogP contribution in [0.5, 0.6) is 5.75 Å². The minimum Gasteiger partial charge on any atom is -0.489 e. The topological polar surface area (TPSA) is 22.1 Å². The Hall–Kier alpha value is -0.760. The van der Waals surface area contributed by atoms with E-state index in [1.54, 1.807) is 6.20 Å². The first kappa shape index (κ1) is 11.3. The van der Waals surface area contributed by atoms with Gasteiger partial charge in [0.25, 0.3) is 0 Å². The lowest BCUT2D eigenvalue weighted by molar-refractivity contribution is 0.209. The fraction of sp³-hybridized carbons (Fsp3) is 0.545. The smallest absolute Gasteiger partial charge is 0.138 e. The lowest BCUT2D eigenvalue weighted by Gasteiger charge is -2.13. The fourth-order valence-corrected chi connectivity index (χ4v) is 1.42. The van der Waals surface area contributed by atoms with E-state index in [0.717, 1.165) is 24.3 Å². The summed E-state index contributed by atoms with van der Waals surface area (Å²) in [6, 6.07) is 3.80. The van der Waals surface area contributed by atoms with Crippen molar-refractivity contribution >= 4 is 11.6 Å². The van der Waals surface area contributed by atoms with Crippen LogP contribution in [0.3, 0.4) is 0 Å². The number of hydrogen-bond acceptors (Lipinski definition) is 2. The Bertz CT molecular complexity index is 260. The maximum atomic E-state index is 5.65. The molecule has 1 aromatic rings. The molecule has 14 heavy (non-hydrogen) atoms. The molecule has 78 valence electrons. The maximum Gasteiger partial charge on any atom is 0.138 e. The predicted molar refractivity (Wildman–Crippen MR) is 58.8 cm³/mol. The lowest BCUT2D eigenvalue weighted by atomic mass is 10.2. The average Bonchev–Trinajstić information content (AvgIpc) is 2.19. The van der Waals surface area contributed by atoms with Crippen molar-refractivity contribution in [2.24, 2.45) is 0 Å². The number of ether oxygens (including phenoxy) is 1. The van der Waals surface area contributed by atoms with E-state index in [-0.39, 0.29) is 6.10 Å². The highest BCUT2D eigenvalue weighted by Gasteiger charge is 2.02. The predicted octanol–water partition coefficient (Wildman–Crippen LogP) is 3.39. The van der Waals surface area contributed by atoms with Crippen molar-refractivity contribution in [3.05, 3.63) is 24.0 Å². The van der Waals surface area contributed by atoms with E-state index in [4.69, 9.17) is 16.3 Å². The summed E-state index contributed by atoms with van der Waals surface area (Å²) in [6.45, 7) is 4.22. The molecule has 0 amide bonds. The van der Waals surface area contributed by atoms with Gasteiger partial charge in [0.1, 0.15) is 5.75 Å². The van der Waals surface area contributed by atoms with Gasteiger partial charge in [-0.2, -0.15) is 0 Å². The van der Waals surface area contributed by atoms with Gasteiger partial charge in [0, 0.05) is 0 Å². The number of rotatable bonds is 5. The summed E-state index contributed by atoms with van der Waals surface area (Å²) in [6.07, 6.45) is 4.18. The zero-order valence-electron chi connectivity index (χ0n) is 8.66. The lowest BCUT2D eigenvalue weighted by Crippen LogP contribution is -2.11. The maximum absolute atomic E-state index is 5.65. The summed E-state index contributed by atoms with van der Waals surface area (Å²) in [5, 5.41) is 0. The minimum atomic E-state index is 0.253. The molecule has 0 fully saturated rings. The van der Waals surface area contributed by atoms with Crippen LogP contribution in [0.4, 0.5) is 0 Å². The van der Waals surface area contributed by atoms with Crippen LogP contribution in [-0.2, 0) is 5.88 Å². The van der Waals surface area contributed by atoms with Crippen LogP contribution in [0.25, 0.3) is 0 Å². The van der Waals surface area contributed by atoms with Crippen LogP contribution in [0, 0.1) is 0 Å². The van der Waals surface area contributed by atoms with E-state index in [1.807, 2.05) is 12.1 Å². The molecule has 0 bridgehead atoms. The first-order valence-electron chi connectivity index (χ1n) is 4.93. The molecule has 0 saturated heterocycles. The Labute approximate surface area is 90.3 Å². The van der Waals surface area contributed by atoms with Crippen LogP contribution in [0.1, 0.15) is 32.4 Å². The Balaban J connectivity index is 2.50. The molecule has 1 aromatic heterocycles. The van der Waals surface area contributed by atoms with Gasteiger partial charge in [0.15, 0.2) is 0 Å². The van der Waals surface area contributed by atoms with Crippen LogP contribution in [0.15, 0.2) is 18.3 Å². The third-order valence-corrected chi connectivity index (χ3v) is 2.24. The van der Waals surface area contributed by atoms with Crippen LogP contribution >= 0.6 is 11.6 Å². The fourth-order valence-electron chi connectivity index (χ4n) is 1.26. The largest absolute Gasteiger partial charge is 0.489 e. The first-order chi connectivity index (χ1) is 6.76. The van der Waals surface area contributed by atoms with E-state index >= 15 is 0 Å². The van der Waals surface area contributed by atoms with Crippen molar-refractivity contribution in [3.63, 3.8) is 0 Å². The quantitative estimate of drug-likeness (QED) is 0.700. The third kappa shape index (κ3) is 3.54. The highest BCUT2D eigenvalue weighted by Crippen LogP contribution is 2.13. The number of aromatic nitrogens is 1. The summed E-state index contributed by atoms with van der Waals surface area (Å²) in [4.78, 5) is 4.15. The molecule has 1 atom stereocenters. The van der Waals surface area contributed by atoms with Gasteiger partial charge in [-0.1, -0.05) is 13.3 Å². The van der Waals surface area contributed by atoms with Crippen molar-refractivity contribution in [3.8, 4) is 5.75 Å². The number of halogens is 1. The van der Waals surface area contributed by atoms with Gasteiger partial charge < -0.3 is 4.74 Å². The Morgan fingerprint density at radius 3 is 2.79 bits per heavy atom. The van der Waals surface area contributed by atoms with Crippen molar-refractivity contribution in [2.45, 2.75) is 38.7 Å². The van der Waals surface area contributed by atoms with Gasteiger partial charge >= 0.3 is 0 Å². The van der Waals surface area contributed by atoms with Gasteiger partial charge in [-0.3, -0.25) is 4.98 Å². The van der Waals surface area contributed by atoms with Gasteiger partial charge in [0.2, 0.25) is 0 Å². The summed E-state index contributed by atoms with van der Waals surface area (Å²) in [5.41, 5.74) is 0.877. The monoisotopic (exact) mass is 213 g/mol. The first-order valence-corrected chi connectivity index (χ1v) is 5.47. The number of nitrogens with zero attached hydrogens (tertiary/aromatic N) is 1. The molecule has 0 saturated carbocycles. The second-order valence-electron chi connectivity index (χ2n) is 3.34. The molecule has 0 aliphatic heterocycles. The van der Waals surface area contributed by atoms with E-state index in [1.165, 1.54) is 0 Å². The molecule has 0 radical (unpaired) electrons. The molecule has 0 N–H and O–H groups in total. The molecular formula is C11H16ClNO. The van der Waals surface area contributed by atoms with Gasteiger partial charge in [0.05, 0.1) is 23.9 Å². The Morgan fingerprint density at radius 1 is 1.50 bits per heavy atom.